The van der Waals surface area contributed by atoms with Crippen LogP contribution in [0.25, 0.3) is 0 Å². The number of pyridine rings is 1. The van der Waals surface area contributed by atoms with Gasteiger partial charge in [-0.3, -0.25) is 9.78 Å². The molecule has 2 aromatic rings. The first-order chi connectivity index (χ1) is 9.79. The Bertz CT molecular complexity index is 537. The summed E-state index contributed by atoms with van der Waals surface area (Å²) in [6.45, 7) is 3.54. The number of hydrogen-bond donors (Lipinski definition) is 2. The SMILES string of the molecule is CCNc1ccc(C(=O)NCCc2ccncc2)cc1. The third-order valence-electron chi connectivity index (χ3n) is 2.98. The highest BCUT2D eigenvalue weighted by molar-refractivity contribution is 5.94. The molecular weight excluding hydrogens is 250 g/mol. The van der Waals surface area contributed by atoms with Gasteiger partial charge in [-0.25, -0.2) is 0 Å². The first-order valence-electron chi connectivity index (χ1n) is 6.80. The van der Waals surface area contributed by atoms with E-state index in [9.17, 15) is 4.79 Å². The summed E-state index contributed by atoms with van der Waals surface area (Å²) in [5, 5.41) is 6.12. The molecule has 0 fully saturated rings. The van der Waals surface area contributed by atoms with Gasteiger partial charge in [-0.2, -0.15) is 0 Å². The second-order valence-corrected chi connectivity index (χ2v) is 4.47. The normalized spacial score (nSPS) is 10.1. The topological polar surface area (TPSA) is 54.0 Å². The molecule has 104 valence electrons. The van der Waals surface area contributed by atoms with Crippen LogP contribution in [0.5, 0.6) is 0 Å². The van der Waals surface area contributed by atoms with E-state index in [-0.39, 0.29) is 5.91 Å². The standard InChI is InChI=1S/C16H19N3O/c1-2-18-15-5-3-14(4-6-15)16(20)19-12-9-13-7-10-17-11-8-13/h3-8,10-11,18H,2,9,12H2,1H3,(H,19,20). The van der Waals surface area contributed by atoms with Crippen molar-refractivity contribution in [3.05, 3.63) is 59.9 Å². The Morgan fingerprint density at radius 2 is 1.80 bits per heavy atom. The van der Waals surface area contributed by atoms with E-state index in [2.05, 4.69) is 15.6 Å². The van der Waals surface area contributed by atoms with Crippen molar-refractivity contribution >= 4 is 11.6 Å². The van der Waals surface area contributed by atoms with Gasteiger partial charge in [0.15, 0.2) is 0 Å². The smallest absolute Gasteiger partial charge is 0.251 e. The van der Waals surface area contributed by atoms with E-state index in [1.165, 1.54) is 5.56 Å². The molecule has 0 atom stereocenters. The lowest BCUT2D eigenvalue weighted by Crippen LogP contribution is -2.25. The van der Waals surface area contributed by atoms with E-state index in [1.54, 1.807) is 12.4 Å². The average Bonchev–Trinajstić information content (AvgIpc) is 2.49. The molecule has 4 heteroatoms. The summed E-state index contributed by atoms with van der Waals surface area (Å²) >= 11 is 0. The van der Waals surface area contributed by atoms with E-state index in [0.717, 1.165) is 18.7 Å². The fourth-order valence-corrected chi connectivity index (χ4v) is 1.92. The van der Waals surface area contributed by atoms with Crippen molar-refractivity contribution in [3.63, 3.8) is 0 Å². The van der Waals surface area contributed by atoms with Gasteiger partial charge in [0.25, 0.3) is 5.91 Å². The van der Waals surface area contributed by atoms with Gasteiger partial charge >= 0.3 is 0 Å². The van der Waals surface area contributed by atoms with Gasteiger partial charge in [-0.15, -0.1) is 0 Å². The molecular formula is C16H19N3O. The number of amides is 1. The number of carbonyl (C=O) groups excluding carboxylic acids is 1. The zero-order chi connectivity index (χ0) is 14.2. The van der Waals surface area contributed by atoms with E-state index >= 15 is 0 Å². The predicted molar refractivity (Wildman–Crippen MR) is 80.9 cm³/mol. The lowest BCUT2D eigenvalue weighted by molar-refractivity contribution is 0.0954. The van der Waals surface area contributed by atoms with E-state index in [0.29, 0.717) is 12.1 Å². The zero-order valence-electron chi connectivity index (χ0n) is 11.6. The Morgan fingerprint density at radius 3 is 2.45 bits per heavy atom. The summed E-state index contributed by atoms with van der Waals surface area (Å²) in [6, 6.07) is 11.4. The molecule has 0 radical (unpaired) electrons. The maximum Gasteiger partial charge on any atom is 0.251 e. The van der Waals surface area contributed by atoms with Crippen LogP contribution in [0.15, 0.2) is 48.8 Å². The van der Waals surface area contributed by atoms with Gasteiger partial charge in [0, 0.05) is 36.7 Å². The molecule has 0 saturated heterocycles. The molecule has 1 aromatic carbocycles. The second kappa shape index (κ2) is 7.28. The maximum absolute atomic E-state index is 12.0. The van der Waals surface area contributed by atoms with Crippen molar-refractivity contribution in [1.29, 1.82) is 0 Å². The van der Waals surface area contributed by atoms with Crippen molar-refractivity contribution < 1.29 is 4.79 Å². The fourth-order valence-electron chi connectivity index (χ4n) is 1.92. The first kappa shape index (κ1) is 14.1. The van der Waals surface area contributed by atoms with Crippen LogP contribution < -0.4 is 10.6 Å². The van der Waals surface area contributed by atoms with Crippen molar-refractivity contribution in [2.45, 2.75) is 13.3 Å². The van der Waals surface area contributed by atoms with Gasteiger partial charge in [-0.05, 0) is 55.3 Å². The number of carbonyl (C=O) groups is 1. The minimum atomic E-state index is -0.0397. The number of anilines is 1. The zero-order valence-corrected chi connectivity index (χ0v) is 11.6. The van der Waals surface area contributed by atoms with Crippen LogP contribution in [0.4, 0.5) is 5.69 Å². The van der Waals surface area contributed by atoms with Gasteiger partial charge in [0.2, 0.25) is 0 Å². The Hall–Kier alpha value is -2.36. The first-order valence-corrected chi connectivity index (χ1v) is 6.80. The average molecular weight is 269 g/mol. The predicted octanol–water partition coefficient (Wildman–Crippen LogP) is 2.49. The van der Waals surface area contributed by atoms with Crippen LogP contribution in [0.2, 0.25) is 0 Å². The molecule has 0 unspecified atom stereocenters. The molecule has 0 spiro atoms. The van der Waals surface area contributed by atoms with Gasteiger partial charge in [0.05, 0.1) is 0 Å². The van der Waals surface area contributed by atoms with Crippen molar-refractivity contribution in [3.8, 4) is 0 Å². The molecule has 1 aromatic heterocycles. The Morgan fingerprint density at radius 1 is 1.10 bits per heavy atom. The molecule has 2 N–H and O–H groups in total. The van der Waals surface area contributed by atoms with E-state index < -0.39 is 0 Å². The lowest BCUT2D eigenvalue weighted by atomic mass is 10.1. The summed E-state index contributed by atoms with van der Waals surface area (Å²) in [7, 11) is 0. The lowest BCUT2D eigenvalue weighted by Gasteiger charge is -2.07. The monoisotopic (exact) mass is 269 g/mol. The van der Waals surface area contributed by atoms with Gasteiger partial charge in [-0.1, -0.05) is 0 Å². The van der Waals surface area contributed by atoms with Crippen molar-refractivity contribution in [2.75, 3.05) is 18.4 Å². The van der Waals surface area contributed by atoms with E-state index in [1.807, 2.05) is 43.3 Å². The van der Waals surface area contributed by atoms with Crippen LogP contribution in [0, 0.1) is 0 Å². The Kier molecular flexibility index (Phi) is 5.12. The number of rotatable bonds is 6. The van der Waals surface area contributed by atoms with Crippen molar-refractivity contribution in [2.24, 2.45) is 0 Å². The summed E-state index contributed by atoms with van der Waals surface area (Å²) in [4.78, 5) is 15.9. The third kappa shape index (κ3) is 4.09. The highest BCUT2D eigenvalue weighted by atomic mass is 16.1. The van der Waals surface area contributed by atoms with Crippen molar-refractivity contribution in [1.82, 2.24) is 10.3 Å². The van der Waals surface area contributed by atoms with Gasteiger partial charge in [0.1, 0.15) is 0 Å². The minimum absolute atomic E-state index is 0.0397. The van der Waals surface area contributed by atoms with Crippen LogP contribution >= 0.6 is 0 Å². The largest absolute Gasteiger partial charge is 0.385 e. The highest BCUT2D eigenvalue weighted by Gasteiger charge is 2.04. The number of hydrogen-bond acceptors (Lipinski definition) is 3. The summed E-state index contributed by atoms with van der Waals surface area (Å²) < 4.78 is 0. The summed E-state index contributed by atoms with van der Waals surface area (Å²) in [5.74, 6) is -0.0397. The Balaban J connectivity index is 1.82. The minimum Gasteiger partial charge on any atom is -0.385 e. The number of aromatic nitrogens is 1. The van der Waals surface area contributed by atoms with Crippen LogP contribution in [0.1, 0.15) is 22.8 Å². The number of benzene rings is 1. The molecule has 0 bridgehead atoms. The molecule has 0 saturated carbocycles. The molecule has 4 nitrogen and oxygen atoms in total. The molecule has 1 amide bonds. The molecule has 1 heterocycles. The molecule has 20 heavy (non-hydrogen) atoms. The van der Waals surface area contributed by atoms with Gasteiger partial charge < -0.3 is 10.6 Å². The number of nitrogens with zero attached hydrogens (tertiary/aromatic N) is 1. The quantitative estimate of drug-likeness (QED) is 0.847. The summed E-state index contributed by atoms with van der Waals surface area (Å²) in [5.41, 5.74) is 2.88. The van der Waals surface area contributed by atoms with Crippen LogP contribution in [0.3, 0.4) is 0 Å². The fraction of sp³-hybridized carbons (Fsp3) is 0.250. The van der Waals surface area contributed by atoms with Crippen LogP contribution in [-0.4, -0.2) is 24.0 Å². The Labute approximate surface area is 119 Å². The third-order valence-corrected chi connectivity index (χ3v) is 2.98. The van der Waals surface area contributed by atoms with E-state index in [4.69, 9.17) is 0 Å². The molecule has 0 aliphatic carbocycles. The second-order valence-electron chi connectivity index (χ2n) is 4.47. The number of nitrogens with one attached hydrogen (secondary N) is 2. The molecule has 2 rings (SSSR count). The highest BCUT2D eigenvalue weighted by Crippen LogP contribution is 2.09. The van der Waals surface area contributed by atoms with Crippen LogP contribution in [-0.2, 0) is 6.42 Å². The maximum atomic E-state index is 12.0. The molecule has 0 aliphatic heterocycles. The summed E-state index contributed by atoms with van der Waals surface area (Å²) in [6.07, 6.45) is 4.33. The molecule has 0 aliphatic rings.